The molecule has 0 saturated carbocycles. The van der Waals surface area contributed by atoms with Crippen molar-refractivity contribution in [2.75, 3.05) is 60.6 Å². The van der Waals surface area contributed by atoms with E-state index in [0.29, 0.717) is 66.0 Å². The van der Waals surface area contributed by atoms with Gasteiger partial charge in [0.05, 0.1) is 42.1 Å². The van der Waals surface area contributed by atoms with Crippen molar-refractivity contribution in [3.8, 4) is 11.5 Å². The molecule has 5 rings (SSSR count). The number of benzene rings is 3. The van der Waals surface area contributed by atoms with Crippen molar-refractivity contribution in [1.29, 1.82) is 0 Å². The van der Waals surface area contributed by atoms with Crippen LogP contribution in [-0.4, -0.2) is 64.9 Å². The Labute approximate surface area is 248 Å². The van der Waals surface area contributed by atoms with E-state index in [-0.39, 0.29) is 5.91 Å². The van der Waals surface area contributed by atoms with Crippen molar-refractivity contribution >= 4 is 44.3 Å². The summed E-state index contributed by atoms with van der Waals surface area (Å²) in [6.07, 6.45) is 3.55. The Kier molecular flexibility index (Phi) is 9.03. The number of carbonyl (C=O) groups excluding carboxylic acids is 1. The summed E-state index contributed by atoms with van der Waals surface area (Å²) in [4.78, 5) is 15.7. The van der Waals surface area contributed by atoms with Gasteiger partial charge in [-0.15, -0.1) is 0 Å². The number of amides is 1. The molecule has 42 heavy (non-hydrogen) atoms. The second-order valence-electron chi connectivity index (χ2n) is 10.3. The highest BCUT2D eigenvalue weighted by Gasteiger charge is 2.31. The molecule has 1 amide bonds. The third-order valence-electron chi connectivity index (χ3n) is 7.38. The van der Waals surface area contributed by atoms with Crippen LogP contribution in [0.25, 0.3) is 11.3 Å². The van der Waals surface area contributed by atoms with Gasteiger partial charge in [0, 0.05) is 30.4 Å². The smallest absolute Gasteiger partial charge is 0.258 e. The van der Waals surface area contributed by atoms with Crippen LogP contribution < -0.4 is 24.4 Å². The van der Waals surface area contributed by atoms with Crippen molar-refractivity contribution in [2.45, 2.75) is 26.7 Å². The zero-order chi connectivity index (χ0) is 29.7. The number of carbonyl (C=O) groups is 1. The summed E-state index contributed by atoms with van der Waals surface area (Å²) in [6.45, 7) is 7.84. The molecule has 3 aromatic rings. The van der Waals surface area contributed by atoms with Crippen LogP contribution in [0, 0.1) is 0 Å². The monoisotopic (exact) mass is 590 g/mol. The van der Waals surface area contributed by atoms with E-state index in [2.05, 4.69) is 15.5 Å². The number of nitrogens with one attached hydrogen (secondary N) is 2. The van der Waals surface area contributed by atoms with Gasteiger partial charge in [-0.3, -0.25) is 9.10 Å². The topological polar surface area (TPSA) is 100 Å². The predicted octanol–water partition coefficient (Wildman–Crippen LogP) is 5.28. The first-order chi connectivity index (χ1) is 20.3. The molecule has 0 unspecified atom stereocenters. The number of fused-ring (bicyclic) bond motifs is 1. The molecule has 9 nitrogen and oxygen atoms in total. The second-order valence-corrected chi connectivity index (χ2v) is 12.2. The van der Waals surface area contributed by atoms with Gasteiger partial charge in [-0.05, 0) is 75.7 Å². The number of ether oxygens (including phenoxy) is 2. The molecule has 0 radical (unpaired) electrons. The first-order valence-electron chi connectivity index (χ1n) is 14.4. The average Bonchev–Trinajstić information content (AvgIpc) is 3.60. The van der Waals surface area contributed by atoms with Crippen LogP contribution in [0.5, 0.6) is 11.5 Å². The maximum atomic E-state index is 13.4. The lowest BCUT2D eigenvalue weighted by atomic mass is 9.99. The van der Waals surface area contributed by atoms with Gasteiger partial charge < -0.3 is 25.0 Å². The van der Waals surface area contributed by atoms with Crippen molar-refractivity contribution in [1.82, 2.24) is 4.90 Å². The van der Waals surface area contributed by atoms with Gasteiger partial charge in [-0.1, -0.05) is 30.3 Å². The van der Waals surface area contributed by atoms with Gasteiger partial charge in [0.1, 0.15) is 0 Å². The maximum Gasteiger partial charge on any atom is 0.258 e. The van der Waals surface area contributed by atoms with Crippen molar-refractivity contribution in [3.05, 3.63) is 77.9 Å². The molecule has 2 aliphatic rings. The number of nitrogens with zero attached hydrogens (tertiary/aromatic N) is 2. The first kappa shape index (κ1) is 29.5. The Morgan fingerprint density at radius 3 is 2.21 bits per heavy atom. The molecular weight excluding hydrogens is 552 g/mol. The molecule has 0 atom stereocenters. The molecule has 2 N–H and O–H groups in total. The Morgan fingerprint density at radius 2 is 1.60 bits per heavy atom. The fraction of sp³-hybridized carbons (Fsp3) is 0.344. The van der Waals surface area contributed by atoms with Crippen LogP contribution in [0.2, 0.25) is 0 Å². The van der Waals surface area contributed by atoms with Gasteiger partial charge in [0.25, 0.3) is 5.91 Å². The van der Waals surface area contributed by atoms with Gasteiger partial charge >= 0.3 is 0 Å². The number of hydrogen-bond acceptors (Lipinski definition) is 7. The summed E-state index contributed by atoms with van der Waals surface area (Å²) < 4.78 is 38.4. The highest BCUT2D eigenvalue weighted by atomic mass is 32.2. The first-order valence-corrected chi connectivity index (χ1v) is 16.3. The van der Waals surface area contributed by atoms with Crippen molar-refractivity contribution in [3.63, 3.8) is 0 Å². The van der Waals surface area contributed by atoms with Crippen LogP contribution >= 0.6 is 0 Å². The van der Waals surface area contributed by atoms with Crippen LogP contribution in [0.3, 0.4) is 0 Å². The van der Waals surface area contributed by atoms with E-state index in [0.717, 1.165) is 37.2 Å². The predicted molar refractivity (Wildman–Crippen MR) is 169 cm³/mol. The largest absolute Gasteiger partial charge is 0.490 e. The van der Waals surface area contributed by atoms with Crippen LogP contribution in [0.15, 0.2) is 66.7 Å². The average molecular weight is 591 g/mol. The SMILES string of the molecule is CCOc1cc2c(cc1OCC)C(=C(Nc1ccc(N(CCN3CCCC3)S(C)(=O)=O)cc1)c1ccccc1)C(=O)N2. The zero-order valence-corrected chi connectivity index (χ0v) is 25.2. The normalized spacial score (nSPS) is 16.1. The molecular formula is C32H38N4O5S. The highest BCUT2D eigenvalue weighted by molar-refractivity contribution is 7.92. The molecule has 3 aromatic carbocycles. The van der Waals surface area contributed by atoms with Crippen LogP contribution in [0.4, 0.5) is 17.1 Å². The van der Waals surface area contributed by atoms with E-state index in [1.807, 2.05) is 62.4 Å². The van der Waals surface area contributed by atoms with E-state index in [1.165, 1.54) is 10.6 Å². The lowest BCUT2D eigenvalue weighted by Gasteiger charge is -2.25. The Hall–Kier alpha value is -4.02. The Bertz CT molecular complexity index is 1550. The number of hydrogen-bond donors (Lipinski definition) is 2. The molecule has 1 fully saturated rings. The van der Waals surface area contributed by atoms with E-state index >= 15 is 0 Å². The lowest BCUT2D eigenvalue weighted by molar-refractivity contribution is -0.110. The Morgan fingerprint density at radius 1 is 0.952 bits per heavy atom. The van der Waals surface area contributed by atoms with E-state index < -0.39 is 10.0 Å². The summed E-state index contributed by atoms with van der Waals surface area (Å²) >= 11 is 0. The molecule has 0 aromatic heterocycles. The van der Waals surface area contributed by atoms with E-state index in [1.54, 1.807) is 18.2 Å². The molecule has 2 aliphatic heterocycles. The Balaban J connectivity index is 1.50. The minimum absolute atomic E-state index is 0.241. The summed E-state index contributed by atoms with van der Waals surface area (Å²) in [5.41, 5.74) is 4.61. The van der Waals surface area contributed by atoms with E-state index in [4.69, 9.17) is 9.47 Å². The molecule has 0 aliphatic carbocycles. The second kappa shape index (κ2) is 12.9. The standard InChI is InChI=1S/C32H38N4O5S/c1-4-40-28-21-26-27(22-29(28)41-5-2)34-32(37)30(26)31(23-11-7-6-8-12-23)33-24-13-15-25(16-14-24)36(42(3,38)39)20-19-35-17-9-10-18-35/h6-8,11-16,21-22,33H,4-5,9-10,17-20H2,1-3H3,(H,34,37). The number of anilines is 3. The third kappa shape index (κ3) is 6.55. The fourth-order valence-corrected chi connectivity index (χ4v) is 6.34. The van der Waals surface area contributed by atoms with Crippen molar-refractivity contribution < 1.29 is 22.7 Å². The summed E-state index contributed by atoms with van der Waals surface area (Å²) in [5.74, 6) is 0.900. The highest BCUT2D eigenvalue weighted by Crippen LogP contribution is 2.43. The fourth-order valence-electron chi connectivity index (χ4n) is 5.43. The number of rotatable bonds is 12. The molecule has 0 bridgehead atoms. The van der Waals surface area contributed by atoms with E-state index in [9.17, 15) is 13.2 Å². The van der Waals surface area contributed by atoms with Crippen LogP contribution in [-0.2, 0) is 14.8 Å². The van der Waals surface area contributed by atoms with Crippen molar-refractivity contribution in [2.24, 2.45) is 0 Å². The minimum Gasteiger partial charge on any atom is -0.490 e. The zero-order valence-electron chi connectivity index (χ0n) is 24.4. The molecule has 222 valence electrons. The van der Waals surface area contributed by atoms with Gasteiger partial charge in [0.2, 0.25) is 10.0 Å². The van der Waals surface area contributed by atoms with Gasteiger partial charge in [0.15, 0.2) is 11.5 Å². The van der Waals surface area contributed by atoms with Crippen LogP contribution in [0.1, 0.15) is 37.8 Å². The van der Waals surface area contributed by atoms with Gasteiger partial charge in [-0.25, -0.2) is 8.42 Å². The molecule has 1 saturated heterocycles. The lowest BCUT2D eigenvalue weighted by Crippen LogP contribution is -2.37. The molecule has 0 spiro atoms. The number of sulfonamides is 1. The van der Waals surface area contributed by atoms with Gasteiger partial charge in [-0.2, -0.15) is 0 Å². The summed E-state index contributed by atoms with van der Waals surface area (Å²) in [7, 11) is -3.46. The molecule has 2 heterocycles. The quantitative estimate of drug-likeness (QED) is 0.277. The number of likely N-dealkylation sites (tertiary alicyclic amines) is 1. The maximum absolute atomic E-state index is 13.4. The third-order valence-corrected chi connectivity index (χ3v) is 8.58. The summed E-state index contributed by atoms with van der Waals surface area (Å²) in [5, 5.41) is 6.43. The molecule has 10 heteroatoms. The summed E-state index contributed by atoms with van der Waals surface area (Å²) in [6, 6.07) is 20.6. The minimum atomic E-state index is -3.46.